The first-order valence-corrected chi connectivity index (χ1v) is 5.95. The lowest BCUT2D eigenvalue weighted by Gasteiger charge is -2.21. The number of thioether (sulfide) groups is 1. The van der Waals surface area contributed by atoms with Gasteiger partial charge in [-0.2, -0.15) is 11.8 Å². The Balaban J connectivity index is 3.79. The molecule has 0 rings (SSSR count). The molecule has 84 valence electrons. The Labute approximate surface area is 89.4 Å². The van der Waals surface area contributed by atoms with Gasteiger partial charge in [-0.25, -0.2) is 0 Å². The summed E-state index contributed by atoms with van der Waals surface area (Å²) in [5.41, 5.74) is 0. The maximum atomic E-state index is 11.2. The first-order valence-electron chi connectivity index (χ1n) is 4.66. The van der Waals surface area contributed by atoms with E-state index < -0.39 is 0 Å². The van der Waals surface area contributed by atoms with Crippen molar-refractivity contribution in [3.63, 3.8) is 0 Å². The quantitative estimate of drug-likeness (QED) is 0.647. The third-order valence-corrected chi connectivity index (χ3v) is 3.03. The van der Waals surface area contributed by atoms with Crippen molar-refractivity contribution < 1.29 is 14.6 Å². The maximum Gasteiger partial charge on any atom is 0.246 e. The van der Waals surface area contributed by atoms with Crippen LogP contribution in [0.5, 0.6) is 0 Å². The average molecular weight is 221 g/mol. The summed E-state index contributed by atoms with van der Waals surface area (Å²) in [5, 5.41) is 11.8. The van der Waals surface area contributed by atoms with Crippen LogP contribution in [0.4, 0.5) is 0 Å². The molecule has 0 aromatic heterocycles. The number of nitrogens with one attached hydrogen (secondary N) is 1. The fourth-order valence-electron chi connectivity index (χ4n) is 1.02. The predicted octanol–water partition coefficient (Wildman–Crippen LogP) is 0.251. The fourth-order valence-corrected chi connectivity index (χ4v) is 1.65. The smallest absolute Gasteiger partial charge is 0.246 e. The minimum Gasteiger partial charge on any atom is -0.395 e. The van der Waals surface area contributed by atoms with E-state index in [0.29, 0.717) is 6.61 Å². The molecule has 0 saturated carbocycles. The lowest BCUT2D eigenvalue weighted by atomic mass is 10.2. The van der Waals surface area contributed by atoms with E-state index in [1.54, 1.807) is 0 Å². The Morgan fingerprint density at radius 2 is 2.29 bits per heavy atom. The number of aliphatic hydroxyl groups is 1. The predicted molar refractivity (Wildman–Crippen MR) is 58.5 cm³/mol. The van der Waals surface area contributed by atoms with Crippen molar-refractivity contribution in [2.45, 2.75) is 25.1 Å². The second-order valence-electron chi connectivity index (χ2n) is 2.95. The molecule has 0 aliphatic heterocycles. The van der Waals surface area contributed by atoms with Gasteiger partial charge in [0.15, 0.2) is 0 Å². The van der Waals surface area contributed by atoms with Crippen LogP contribution in [-0.2, 0) is 9.53 Å². The third kappa shape index (κ3) is 5.47. The van der Waals surface area contributed by atoms with Crippen molar-refractivity contribution in [1.82, 2.24) is 5.32 Å². The maximum absolute atomic E-state index is 11.2. The zero-order valence-corrected chi connectivity index (χ0v) is 9.76. The summed E-state index contributed by atoms with van der Waals surface area (Å²) in [6.45, 7) is 4.41. The van der Waals surface area contributed by atoms with E-state index in [0.717, 1.165) is 0 Å². The van der Waals surface area contributed by atoms with Gasteiger partial charge in [0.05, 0.1) is 6.61 Å². The highest BCUT2D eigenvalue weighted by Gasteiger charge is 2.16. The second kappa shape index (κ2) is 8.08. The van der Waals surface area contributed by atoms with Gasteiger partial charge in [-0.05, 0) is 20.1 Å². The molecule has 0 aliphatic rings. The van der Waals surface area contributed by atoms with Crippen LogP contribution in [0.25, 0.3) is 0 Å². The van der Waals surface area contributed by atoms with Crippen molar-refractivity contribution in [2.75, 3.05) is 26.1 Å². The fraction of sp³-hybridized carbons (Fsp3) is 0.889. The standard InChI is InChI=1S/C9H19NO3S/c1-4-13-6-9(12)10-7(2)8(5-11)14-3/h7-8,11H,4-6H2,1-3H3,(H,10,12). The van der Waals surface area contributed by atoms with Crippen LogP contribution in [0.15, 0.2) is 0 Å². The molecule has 2 unspecified atom stereocenters. The van der Waals surface area contributed by atoms with E-state index >= 15 is 0 Å². The Kier molecular flexibility index (Phi) is 7.93. The summed E-state index contributed by atoms with van der Waals surface area (Å²) in [7, 11) is 0. The zero-order valence-electron chi connectivity index (χ0n) is 8.95. The Hall–Kier alpha value is -0.260. The van der Waals surface area contributed by atoms with E-state index in [1.807, 2.05) is 20.1 Å². The lowest BCUT2D eigenvalue weighted by Crippen LogP contribution is -2.42. The molecule has 0 aromatic carbocycles. The molecular formula is C9H19NO3S. The summed E-state index contributed by atoms with van der Waals surface area (Å²) < 4.78 is 4.96. The molecule has 14 heavy (non-hydrogen) atoms. The minimum absolute atomic E-state index is 0.0389. The first kappa shape index (κ1) is 13.7. The Morgan fingerprint density at radius 3 is 2.71 bits per heavy atom. The molecule has 0 spiro atoms. The molecule has 1 amide bonds. The third-order valence-electron chi connectivity index (χ3n) is 1.87. The number of amides is 1. The van der Waals surface area contributed by atoms with Gasteiger partial charge in [-0.3, -0.25) is 4.79 Å². The minimum atomic E-state index is -0.133. The van der Waals surface area contributed by atoms with Crippen molar-refractivity contribution in [1.29, 1.82) is 0 Å². The van der Waals surface area contributed by atoms with E-state index in [-0.39, 0.29) is 30.4 Å². The first-order chi connectivity index (χ1) is 6.65. The largest absolute Gasteiger partial charge is 0.395 e. The molecule has 2 atom stereocenters. The van der Waals surface area contributed by atoms with E-state index in [4.69, 9.17) is 9.84 Å². The molecule has 0 aromatic rings. The molecule has 0 saturated heterocycles. The van der Waals surface area contributed by atoms with Gasteiger partial charge in [0.2, 0.25) is 5.91 Å². The Morgan fingerprint density at radius 1 is 1.64 bits per heavy atom. The number of rotatable bonds is 7. The molecule has 0 radical (unpaired) electrons. The summed E-state index contributed by atoms with van der Waals surface area (Å²) in [6.07, 6.45) is 1.91. The number of aliphatic hydroxyl groups excluding tert-OH is 1. The van der Waals surface area contributed by atoms with Crippen LogP contribution in [0.2, 0.25) is 0 Å². The number of ether oxygens (including phenoxy) is 1. The summed E-state index contributed by atoms with van der Waals surface area (Å²) in [4.78, 5) is 11.2. The van der Waals surface area contributed by atoms with Gasteiger partial charge < -0.3 is 15.2 Å². The molecule has 0 bridgehead atoms. The summed E-state index contributed by atoms with van der Waals surface area (Å²) in [5.74, 6) is -0.133. The van der Waals surface area contributed by atoms with Gasteiger partial charge in [0, 0.05) is 17.9 Å². The zero-order chi connectivity index (χ0) is 11.0. The highest BCUT2D eigenvalue weighted by atomic mass is 32.2. The molecule has 2 N–H and O–H groups in total. The van der Waals surface area contributed by atoms with Crippen molar-refractivity contribution >= 4 is 17.7 Å². The summed E-state index contributed by atoms with van der Waals surface area (Å²) in [6, 6.07) is -0.0389. The van der Waals surface area contributed by atoms with Crippen LogP contribution in [0, 0.1) is 0 Å². The molecular weight excluding hydrogens is 202 g/mol. The molecule has 4 nitrogen and oxygen atoms in total. The molecule has 5 heteroatoms. The van der Waals surface area contributed by atoms with Gasteiger partial charge in [0.25, 0.3) is 0 Å². The van der Waals surface area contributed by atoms with Crippen molar-refractivity contribution in [3.05, 3.63) is 0 Å². The van der Waals surface area contributed by atoms with Crippen molar-refractivity contribution in [2.24, 2.45) is 0 Å². The van der Waals surface area contributed by atoms with Crippen LogP contribution in [-0.4, -0.2) is 48.4 Å². The average Bonchev–Trinajstić information content (AvgIpc) is 2.16. The number of hydrogen-bond donors (Lipinski definition) is 2. The highest BCUT2D eigenvalue weighted by Crippen LogP contribution is 2.09. The monoisotopic (exact) mass is 221 g/mol. The molecule has 0 aliphatic carbocycles. The van der Waals surface area contributed by atoms with Crippen LogP contribution < -0.4 is 5.32 Å². The second-order valence-corrected chi connectivity index (χ2v) is 4.03. The van der Waals surface area contributed by atoms with E-state index in [1.165, 1.54) is 11.8 Å². The SMILES string of the molecule is CCOCC(=O)NC(C)C(CO)SC. The van der Waals surface area contributed by atoms with Gasteiger partial charge in [-0.15, -0.1) is 0 Å². The van der Waals surface area contributed by atoms with Crippen molar-refractivity contribution in [3.8, 4) is 0 Å². The lowest BCUT2D eigenvalue weighted by molar-refractivity contribution is -0.126. The van der Waals surface area contributed by atoms with Crippen LogP contribution in [0.1, 0.15) is 13.8 Å². The van der Waals surface area contributed by atoms with E-state index in [2.05, 4.69) is 5.32 Å². The van der Waals surface area contributed by atoms with Gasteiger partial charge >= 0.3 is 0 Å². The van der Waals surface area contributed by atoms with Gasteiger partial charge in [-0.1, -0.05) is 0 Å². The molecule has 0 heterocycles. The topological polar surface area (TPSA) is 58.6 Å². The number of carbonyl (C=O) groups is 1. The summed E-state index contributed by atoms with van der Waals surface area (Å²) >= 11 is 1.54. The highest BCUT2D eigenvalue weighted by molar-refractivity contribution is 7.99. The normalized spacial score (nSPS) is 14.9. The molecule has 0 fully saturated rings. The van der Waals surface area contributed by atoms with Crippen LogP contribution >= 0.6 is 11.8 Å². The van der Waals surface area contributed by atoms with E-state index in [9.17, 15) is 4.79 Å². The number of hydrogen-bond acceptors (Lipinski definition) is 4. The number of carbonyl (C=O) groups excluding carboxylic acids is 1. The van der Waals surface area contributed by atoms with Gasteiger partial charge in [0.1, 0.15) is 6.61 Å². The Bertz CT molecular complexity index is 162. The van der Waals surface area contributed by atoms with Crippen LogP contribution in [0.3, 0.4) is 0 Å².